The first-order chi connectivity index (χ1) is 14.1. The van der Waals surface area contributed by atoms with Gasteiger partial charge in [-0.25, -0.2) is 9.18 Å². The van der Waals surface area contributed by atoms with Gasteiger partial charge in [-0.15, -0.1) is 0 Å². The molecule has 0 amide bonds. The number of ether oxygens (including phenoxy) is 2. The fourth-order valence-electron chi connectivity index (χ4n) is 2.84. The van der Waals surface area contributed by atoms with Gasteiger partial charge in [-0.05, 0) is 35.9 Å². The van der Waals surface area contributed by atoms with Crippen molar-refractivity contribution in [3.8, 4) is 11.5 Å². The Balaban J connectivity index is 1.50. The zero-order valence-corrected chi connectivity index (χ0v) is 15.2. The molecule has 5 heteroatoms. The van der Waals surface area contributed by atoms with Crippen molar-refractivity contribution in [2.24, 2.45) is 0 Å². The fourth-order valence-corrected chi connectivity index (χ4v) is 2.84. The van der Waals surface area contributed by atoms with Crippen LogP contribution in [-0.2, 0) is 0 Å². The number of carbonyl (C=O) groups is 2. The SMILES string of the molecule is O=C(Oc1ccc2c(c1)O/C(=C/C=C/c1ccccc1)C2=O)c1ccccc1F. The molecule has 0 unspecified atom stereocenters. The van der Waals surface area contributed by atoms with Crippen molar-refractivity contribution in [1.29, 1.82) is 0 Å². The number of hydrogen-bond donors (Lipinski definition) is 0. The van der Waals surface area contributed by atoms with E-state index in [2.05, 4.69) is 0 Å². The van der Waals surface area contributed by atoms with Crippen molar-refractivity contribution in [2.45, 2.75) is 0 Å². The highest BCUT2D eigenvalue weighted by Crippen LogP contribution is 2.34. The second-order valence-electron chi connectivity index (χ2n) is 6.26. The van der Waals surface area contributed by atoms with E-state index in [9.17, 15) is 14.0 Å². The van der Waals surface area contributed by atoms with Crippen molar-refractivity contribution in [1.82, 2.24) is 0 Å². The van der Waals surface area contributed by atoms with Gasteiger partial charge in [-0.1, -0.05) is 54.6 Å². The highest BCUT2D eigenvalue weighted by molar-refractivity contribution is 6.12. The zero-order valence-electron chi connectivity index (χ0n) is 15.2. The van der Waals surface area contributed by atoms with Crippen molar-refractivity contribution in [3.05, 3.63) is 113 Å². The molecule has 0 saturated heterocycles. The summed E-state index contributed by atoms with van der Waals surface area (Å²) in [5.41, 5.74) is 1.20. The molecule has 1 aliphatic rings. The average Bonchev–Trinajstić information content (AvgIpc) is 3.04. The number of esters is 1. The molecule has 142 valence electrons. The Kier molecular flexibility index (Phi) is 5.03. The maximum Gasteiger partial charge on any atom is 0.346 e. The number of allylic oxidation sites excluding steroid dienone is 3. The molecule has 0 radical (unpaired) electrons. The van der Waals surface area contributed by atoms with Crippen molar-refractivity contribution in [3.63, 3.8) is 0 Å². The Labute approximate surface area is 166 Å². The molecule has 3 aromatic rings. The van der Waals surface area contributed by atoms with Crippen molar-refractivity contribution in [2.75, 3.05) is 0 Å². The van der Waals surface area contributed by atoms with Crippen LogP contribution in [0.15, 0.2) is 90.7 Å². The molecule has 3 aromatic carbocycles. The third-order valence-electron chi connectivity index (χ3n) is 4.28. The topological polar surface area (TPSA) is 52.6 Å². The van der Waals surface area contributed by atoms with E-state index in [4.69, 9.17) is 9.47 Å². The van der Waals surface area contributed by atoms with E-state index in [0.29, 0.717) is 5.56 Å². The number of carbonyl (C=O) groups excluding carboxylic acids is 2. The summed E-state index contributed by atoms with van der Waals surface area (Å²) in [4.78, 5) is 24.6. The van der Waals surface area contributed by atoms with Gasteiger partial charge in [-0.3, -0.25) is 4.79 Å². The summed E-state index contributed by atoms with van der Waals surface area (Å²) in [5, 5.41) is 0. The predicted octanol–water partition coefficient (Wildman–Crippen LogP) is 5.22. The minimum absolute atomic E-state index is 0.158. The van der Waals surface area contributed by atoms with E-state index in [1.165, 1.54) is 36.4 Å². The Morgan fingerprint density at radius 3 is 2.52 bits per heavy atom. The van der Waals surface area contributed by atoms with Crippen LogP contribution in [-0.4, -0.2) is 11.8 Å². The highest BCUT2D eigenvalue weighted by Gasteiger charge is 2.27. The molecule has 4 nitrogen and oxygen atoms in total. The van der Waals surface area contributed by atoms with Gasteiger partial charge in [0.15, 0.2) is 5.76 Å². The van der Waals surface area contributed by atoms with Crippen molar-refractivity contribution >= 4 is 17.8 Å². The molecular formula is C24H15FO4. The first-order valence-electron chi connectivity index (χ1n) is 8.88. The molecule has 4 rings (SSSR count). The van der Waals surface area contributed by atoms with Crippen LogP contribution in [0.25, 0.3) is 6.08 Å². The van der Waals surface area contributed by atoms with Crippen LogP contribution in [0.2, 0.25) is 0 Å². The molecule has 0 fully saturated rings. The third-order valence-corrected chi connectivity index (χ3v) is 4.28. The van der Waals surface area contributed by atoms with E-state index < -0.39 is 11.8 Å². The Bertz CT molecular complexity index is 1150. The van der Waals surface area contributed by atoms with E-state index in [0.717, 1.165) is 5.56 Å². The monoisotopic (exact) mass is 386 g/mol. The number of fused-ring (bicyclic) bond motifs is 1. The van der Waals surface area contributed by atoms with Crippen LogP contribution in [0.3, 0.4) is 0 Å². The highest BCUT2D eigenvalue weighted by atomic mass is 19.1. The average molecular weight is 386 g/mol. The standard InChI is InChI=1S/C24H15FO4/c25-20-11-5-4-10-18(20)24(27)28-17-13-14-19-22(15-17)29-21(23(19)26)12-6-9-16-7-2-1-3-8-16/h1-15H/b9-6+,21-12+. The molecule has 1 aliphatic heterocycles. The first kappa shape index (κ1) is 18.4. The van der Waals surface area contributed by atoms with Gasteiger partial charge in [0.05, 0.1) is 11.1 Å². The zero-order chi connectivity index (χ0) is 20.2. The normalized spacial score (nSPS) is 14.1. The van der Waals surface area contributed by atoms with Crippen LogP contribution < -0.4 is 9.47 Å². The lowest BCUT2D eigenvalue weighted by molar-refractivity contribution is 0.0729. The molecule has 29 heavy (non-hydrogen) atoms. The molecule has 0 aliphatic carbocycles. The molecule has 1 heterocycles. The predicted molar refractivity (Wildman–Crippen MR) is 106 cm³/mol. The molecule has 0 aromatic heterocycles. The van der Waals surface area contributed by atoms with E-state index in [-0.39, 0.29) is 28.6 Å². The number of Topliss-reactive ketones (excluding diaryl/α,β-unsaturated/α-hetero) is 1. The van der Waals surface area contributed by atoms with Crippen LogP contribution in [0.5, 0.6) is 11.5 Å². The maximum atomic E-state index is 13.7. The van der Waals surface area contributed by atoms with E-state index in [1.54, 1.807) is 18.2 Å². The minimum atomic E-state index is -0.825. The lowest BCUT2D eigenvalue weighted by Crippen LogP contribution is -2.10. The largest absolute Gasteiger partial charge is 0.452 e. The molecule has 0 saturated carbocycles. The molecule has 0 N–H and O–H groups in total. The first-order valence-corrected chi connectivity index (χ1v) is 8.88. The van der Waals surface area contributed by atoms with Crippen molar-refractivity contribution < 1.29 is 23.5 Å². The van der Waals surface area contributed by atoms with Crippen LogP contribution in [0, 0.1) is 5.82 Å². The number of hydrogen-bond acceptors (Lipinski definition) is 4. The summed E-state index contributed by atoms with van der Waals surface area (Å²) >= 11 is 0. The molecule has 0 spiro atoms. The Morgan fingerprint density at radius 2 is 1.72 bits per heavy atom. The van der Waals surface area contributed by atoms with E-state index >= 15 is 0 Å². The number of rotatable bonds is 4. The summed E-state index contributed by atoms with van der Waals surface area (Å²) in [5.74, 6) is -1.14. The maximum absolute atomic E-state index is 13.7. The van der Waals surface area contributed by atoms with Crippen LogP contribution in [0.4, 0.5) is 4.39 Å². The fraction of sp³-hybridized carbons (Fsp3) is 0. The number of ketones is 1. The smallest absolute Gasteiger partial charge is 0.346 e. The summed E-state index contributed by atoms with van der Waals surface area (Å²) in [7, 11) is 0. The lowest BCUT2D eigenvalue weighted by Gasteiger charge is -2.06. The lowest BCUT2D eigenvalue weighted by atomic mass is 10.1. The Morgan fingerprint density at radius 1 is 0.966 bits per heavy atom. The van der Waals surface area contributed by atoms with Crippen LogP contribution in [0.1, 0.15) is 26.3 Å². The van der Waals surface area contributed by atoms with Gasteiger partial charge < -0.3 is 9.47 Å². The quantitative estimate of drug-likeness (QED) is 0.351. The summed E-state index contributed by atoms with van der Waals surface area (Å²) < 4.78 is 24.5. The second kappa shape index (κ2) is 7.94. The van der Waals surface area contributed by atoms with Gasteiger partial charge >= 0.3 is 5.97 Å². The molecular weight excluding hydrogens is 371 g/mol. The second-order valence-corrected chi connectivity index (χ2v) is 6.26. The summed E-state index contributed by atoms with van der Waals surface area (Å²) in [6, 6.07) is 19.6. The third kappa shape index (κ3) is 3.99. The molecule has 0 atom stereocenters. The van der Waals surface area contributed by atoms with Gasteiger partial charge in [0.25, 0.3) is 0 Å². The molecule has 0 bridgehead atoms. The van der Waals surface area contributed by atoms with Gasteiger partial charge in [-0.2, -0.15) is 0 Å². The Hall–Kier alpha value is -3.99. The van der Waals surface area contributed by atoms with E-state index in [1.807, 2.05) is 36.4 Å². The number of halogens is 1. The van der Waals surface area contributed by atoms with Gasteiger partial charge in [0, 0.05) is 6.07 Å². The number of benzene rings is 3. The summed E-state index contributed by atoms with van der Waals surface area (Å²) in [6.07, 6.45) is 5.17. The van der Waals surface area contributed by atoms with Crippen LogP contribution >= 0.6 is 0 Å². The van der Waals surface area contributed by atoms with Gasteiger partial charge in [0.2, 0.25) is 5.78 Å². The minimum Gasteiger partial charge on any atom is -0.452 e. The van der Waals surface area contributed by atoms with Gasteiger partial charge in [0.1, 0.15) is 17.3 Å². The summed E-state index contributed by atoms with van der Waals surface area (Å²) in [6.45, 7) is 0.